The highest BCUT2D eigenvalue weighted by Gasteiger charge is 2.09. The lowest BCUT2D eigenvalue weighted by molar-refractivity contribution is -0.119. The Morgan fingerprint density at radius 3 is 2.65 bits per heavy atom. The summed E-state index contributed by atoms with van der Waals surface area (Å²) in [6, 6.07) is 4.54. The second-order valence-corrected chi connectivity index (χ2v) is 5.10. The minimum Gasteiger partial charge on any atom is -0.306 e. The molecule has 0 aliphatic carbocycles. The number of benzene rings is 1. The van der Waals surface area contributed by atoms with Crippen LogP contribution in [-0.4, -0.2) is 17.8 Å². The standard InChI is InChI=1S/C10H9Cl2IN2O2/c11-4-3-9(16)15-10(17)14-8-2-1-6(13)5-7(8)12/h1-2,5H,3-4H2,(H2,14,15,16,17). The van der Waals surface area contributed by atoms with Crippen molar-refractivity contribution in [2.75, 3.05) is 11.2 Å². The fourth-order valence-corrected chi connectivity index (χ4v) is 2.09. The number of anilines is 1. The van der Waals surface area contributed by atoms with E-state index < -0.39 is 11.9 Å². The highest BCUT2D eigenvalue weighted by molar-refractivity contribution is 14.1. The molecule has 92 valence electrons. The van der Waals surface area contributed by atoms with Crippen molar-refractivity contribution in [1.82, 2.24) is 5.32 Å². The number of hydrogen-bond acceptors (Lipinski definition) is 2. The Morgan fingerprint density at radius 2 is 2.06 bits per heavy atom. The molecule has 4 nitrogen and oxygen atoms in total. The molecule has 0 unspecified atom stereocenters. The predicted octanol–water partition coefficient (Wildman–Crippen LogP) is 3.22. The zero-order valence-electron chi connectivity index (χ0n) is 8.60. The summed E-state index contributed by atoms with van der Waals surface area (Å²) in [6.07, 6.45) is 0.0927. The van der Waals surface area contributed by atoms with E-state index in [2.05, 4.69) is 33.2 Å². The maximum absolute atomic E-state index is 11.4. The summed E-state index contributed by atoms with van der Waals surface area (Å²) in [5.41, 5.74) is 0.447. The number of carbonyl (C=O) groups is 2. The second kappa shape index (κ2) is 7.03. The lowest BCUT2D eigenvalue weighted by atomic mass is 10.3. The van der Waals surface area contributed by atoms with Gasteiger partial charge in [-0.2, -0.15) is 0 Å². The first-order valence-electron chi connectivity index (χ1n) is 4.65. The largest absolute Gasteiger partial charge is 0.325 e. The van der Waals surface area contributed by atoms with E-state index in [0.29, 0.717) is 10.7 Å². The SMILES string of the molecule is O=C(CCCl)NC(=O)Nc1ccc(I)cc1Cl. The molecule has 1 aromatic carbocycles. The Balaban J connectivity index is 2.59. The van der Waals surface area contributed by atoms with Crippen molar-refractivity contribution >= 4 is 63.4 Å². The topological polar surface area (TPSA) is 58.2 Å². The minimum absolute atomic E-state index is 0.0927. The molecule has 0 fully saturated rings. The van der Waals surface area contributed by atoms with Crippen LogP contribution < -0.4 is 10.6 Å². The van der Waals surface area contributed by atoms with Crippen molar-refractivity contribution in [2.45, 2.75) is 6.42 Å². The molecule has 0 aliphatic heterocycles. The fourth-order valence-electron chi connectivity index (χ4n) is 1.02. The van der Waals surface area contributed by atoms with Crippen LogP contribution in [0.1, 0.15) is 6.42 Å². The molecular formula is C10H9Cl2IN2O2. The second-order valence-electron chi connectivity index (χ2n) is 3.07. The van der Waals surface area contributed by atoms with Gasteiger partial charge in [0.1, 0.15) is 0 Å². The number of alkyl halides is 1. The van der Waals surface area contributed by atoms with E-state index in [1.807, 2.05) is 0 Å². The number of halogens is 3. The van der Waals surface area contributed by atoms with Gasteiger partial charge in [0.25, 0.3) is 0 Å². The van der Waals surface area contributed by atoms with Crippen LogP contribution in [0.3, 0.4) is 0 Å². The summed E-state index contributed by atoms with van der Waals surface area (Å²) < 4.78 is 0.955. The number of rotatable bonds is 3. The molecule has 0 saturated carbocycles. The van der Waals surface area contributed by atoms with Crippen LogP contribution in [0.25, 0.3) is 0 Å². The summed E-state index contributed by atoms with van der Waals surface area (Å²) in [7, 11) is 0. The Kier molecular flexibility index (Phi) is 6.01. The first kappa shape index (κ1) is 14.5. The van der Waals surface area contributed by atoms with Gasteiger partial charge in [0, 0.05) is 15.9 Å². The van der Waals surface area contributed by atoms with Gasteiger partial charge in [-0.25, -0.2) is 4.79 Å². The lowest BCUT2D eigenvalue weighted by Crippen LogP contribution is -2.34. The zero-order valence-corrected chi connectivity index (χ0v) is 12.3. The Labute approximate surface area is 122 Å². The molecule has 1 rings (SSSR count). The summed E-state index contributed by atoms with van der Waals surface area (Å²) >= 11 is 13.4. The van der Waals surface area contributed by atoms with Crippen LogP contribution in [0.5, 0.6) is 0 Å². The van der Waals surface area contributed by atoms with Gasteiger partial charge >= 0.3 is 6.03 Å². The molecule has 0 atom stereocenters. The van der Waals surface area contributed by atoms with E-state index >= 15 is 0 Å². The molecule has 0 bridgehead atoms. The lowest BCUT2D eigenvalue weighted by Gasteiger charge is -2.07. The van der Waals surface area contributed by atoms with Crippen molar-refractivity contribution in [3.63, 3.8) is 0 Å². The Bertz CT molecular complexity index is 440. The van der Waals surface area contributed by atoms with Crippen LogP contribution in [0.15, 0.2) is 18.2 Å². The summed E-state index contributed by atoms with van der Waals surface area (Å²) in [5.74, 6) is -0.261. The van der Waals surface area contributed by atoms with Gasteiger partial charge in [0.05, 0.1) is 10.7 Å². The Hall–Kier alpha value is -0.530. The molecule has 0 saturated heterocycles. The molecule has 0 aliphatic rings. The normalized spacial score (nSPS) is 9.82. The number of hydrogen-bond donors (Lipinski definition) is 2. The zero-order chi connectivity index (χ0) is 12.8. The highest BCUT2D eigenvalue weighted by atomic mass is 127. The number of imide groups is 1. The highest BCUT2D eigenvalue weighted by Crippen LogP contribution is 2.23. The van der Waals surface area contributed by atoms with Crippen molar-refractivity contribution in [2.24, 2.45) is 0 Å². The van der Waals surface area contributed by atoms with E-state index in [4.69, 9.17) is 23.2 Å². The van der Waals surface area contributed by atoms with Gasteiger partial charge in [0.2, 0.25) is 5.91 Å². The Morgan fingerprint density at radius 1 is 1.35 bits per heavy atom. The molecule has 3 amide bonds. The maximum Gasteiger partial charge on any atom is 0.325 e. The van der Waals surface area contributed by atoms with E-state index in [1.165, 1.54) is 0 Å². The summed E-state index contributed by atoms with van der Waals surface area (Å²) in [6.45, 7) is 0. The average Bonchev–Trinajstić information content (AvgIpc) is 2.22. The third-order valence-corrected chi connectivity index (χ3v) is 2.93. The minimum atomic E-state index is -0.622. The van der Waals surface area contributed by atoms with Crippen LogP contribution in [0, 0.1) is 3.57 Å². The molecule has 0 spiro atoms. The van der Waals surface area contributed by atoms with Crippen molar-refractivity contribution in [3.05, 3.63) is 26.8 Å². The molecule has 17 heavy (non-hydrogen) atoms. The van der Waals surface area contributed by atoms with Gasteiger partial charge in [0.15, 0.2) is 0 Å². The number of urea groups is 1. The fraction of sp³-hybridized carbons (Fsp3) is 0.200. The van der Waals surface area contributed by atoms with E-state index in [-0.39, 0.29) is 12.3 Å². The van der Waals surface area contributed by atoms with Gasteiger partial charge < -0.3 is 5.32 Å². The third kappa shape index (κ3) is 5.10. The molecule has 2 N–H and O–H groups in total. The summed E-state index contributed by atoms with van der Waals surface area (Å²) in [5, 5.41) is 5.03. The molecular weight excluding hydrogens is 378 g/mol. The van der Waals surface area contributed by atoms with Gasteiger partial charge in [-0.3, -0.25) is 10.1 Å². The predicted molar refractivity (Wildman–Crippen MR) is 76.7 cm³/mol. The van der Waals surface area contributed by atoms with E-state index in [0.717, 1.165) is 3.57 Å². The van der Waals surface area contributed by atoms with Crippen molar-refractivity contribution in [1.29, 1.82) is 0 Å². The number of amides is 3. The summed E-state index contributed by atoms with van der Waals surface area (Å²) in [4.78, 5) is 22.5. The monoisotopic (exact) mass is 386 g/mol. The third-order valence-electron chi connectivity index (χ3n) is 1.75. The van der Waals surface area contributed by atoms with Gasteiger partial charge in [-0.05, 0) is 40.8 Å². The van der Waals surface area contributed by atoms with Crippen molar-refractivity contribution in [3.8, 4) is 0 Å². The van der Waals surface area contributed by atoms with Gasteiger partial charge in [-0.1, -0.05) is 11.6 Å². The van der Waals surface area contributed by atoms with Gasteiger partial charge in [-0.15, -0.1) is 11.6 Å². The van der Waals surface area contributed by atoms with E-state index in [1.54, 1.807) is 18.2 Å². The van der Waals surface area contributed by atoms with Crippen LogP contribution >= 0.6 is 45.8 Å². The van der Waals surface area contributed by atoms with E-state index in [9.17, 15) is 9.59 Å². The first-order chi connectivity index (χ1) is 8.02. The molecule has 7 heteroatoms. The van der Waals surface area contributed by atoms with Crippen LogP contribution in [0.2, 0.25) is 5.02 Å². The number of carbonyl (C=O) groups excluding carboxylic acids is 2. The number of nitrogens with one attached hydrogen (secondary N) is 2. The van der Waals surface area contributed by atoms with Crippen LogP contribution in [0.4, 0.5) is 10.5 Å². The van der Waals surface area contributed by atoms with Crippen molar-refractivity contribution < 1.29 is 9.59 Å². The average molecular weight is 387 g/mol. The van der Waals surface area contributed by atoms with Crippen LogP contribution in [-0.2, 0) is 4.79 Å². The maximum atomic E-state index is 11.4. The molecule has 1 aromatic rings. The molecule has 0 radical (unpaired) electrons. The molecule has 0 aromatic heterocycles. The smallest absolute Gasteiger partial charge is 0.306 e. The first-order valence-corrected chi connectivity index (χ1v) is 6.64. The molecule has 0 heterocycles. The quantitative estimate of drug-likeness (QED) is 0.619.